The number of benzene rings is 1. The first-order valence-electron chi connectivity index (χ1n) is 10.2. The van der Waals surface area contributed by atoms with E-state index in [0.29, 0.717) is 29.9 Å². The van der Waals surface area contributed by atoms with Crippen LogP contribution >= 0.6 is 35.6 Å². The fraction of sp³-hybridized carbons (Fsp3) is 0.318. The van der Waals surface area contributed by atoms with Crippen molar-refractivity contribution in [3.8, 4) is 0 Å². The van der Waals surface area contributed by atoms with Gasteiger partial charge in [0, 0.05) is 56.3 Å². The van der Waals surface area contributed by atoms with Crippen LogP contribution in [0.15, 0.2) is 66.0 Å². The summed E-state index contributed by atoms with van der Waals surface area (Å²) in [6, 6.07) is 12.8. The molecule has 170 valence electrons. The zero-order chi connectivity index (χ0) is 21.6. The number of guanidine groups is 1. The molecule has 0 saturated carbocycles. The Labute approximate surface area is 209 Å². The fourth-order valence-electron chi connectivity index (χ4n) is 3.78. The number of pyridine rings is 1. The standard InChI is InChI=1S/C22H25ClFN7.HI/c1-25-22(29-18-9-13-30(15-18)21-19(24)4-2-10-26-21)27-14-20(31-12-3-11-28-31)16-5-7-17(23)8-6-16;/h2-8,10-12,18,20H,9,13-15H2,1H3,(H2,25,27,29);1H. The second-order valence-corrected chi connectivity index (χ2v) is 7.83. The molecule has 3 aromatic rings. The van der Waals surface area contributed by atoms with Gasteiger partial charge in [-0.25, -0.2) is 9.37 Å². The van der Waals surface area contributed by atoms with Crippen LogP contribution in [0.2, 0.25) is 5.02 Å². The first-order valence-corrected chi connectivity index (χ1v) is 10.6. The second kappa shape index (κ2) is 11.5. The maximum absolute atomic E-state index is 14.1. The minimum absolute atomic E-state index is 0. The summed E-state index contributed by atoms with van der Waals surface area (Å²) < 4.78 is 16.0. The Hall–Kier alpha value is -2.40. The average molecular weight is 570 g/mol. The minimum atomic E-state index is -0.296. The Balaban J connectivity index is 0.00000289. The monoisotopic (exact) mass is 569 g/mol. The molecule has 2 aromatic heterocycles. The molecule has 10 heteroatoms. The molecule has 1 saturated heterocycles. The predicted molar refractivity (Wildman–Crippen MR) is 137 cm³/mol. The summed E-state index contributed by atoms with van der Waals surface area (Å²) >= 11 is 6.05. The Bertz CT molecular complexity index is 1010. The van der Waals surface area contributed by atoms with Crippen molar-refractivity contribution in [3.05, 3.63) is 77.5 Å². The number of nitrogens with one attached hydrogen (secondary N) is 2. The molecule has 1 fully saturated rings. The number of anilines is 1. The Morgan fingerprint density at radius 3 is 2.75 bits per heavy atom. The summed E-state index contributed by atoms with van der Waals surface area (Å²) in [5.41, 5.74) is 1.09. The fourth-order valence-corrected chi connectivity index (χ4v) is 3.90. The highest BCUT2D eigenvalue weighted by atomic mass is 127. The lowest BCUT2D eigenvalue weighted by Crippen LogP contribution is -2.46. The molecular formula is C22H26ClFIN7. The lowest BCUT2D eigenvalue weighted by molar-refractivity contribution is 0.508. The van der Waals surface area contributed by atoms with Crippen LogP contribution in [-0.4, -0.2) is 53.4 Å². The predicted octanol–water partition coefficient (Wildman–Crippen LogP) is 3.72. The van der Waals surface area contributed by atoms with Crippen molar-refractivity contribution >= 4 is 47.4 Å². The van der Waals surface area contributed by atoms with Gasteiger partial charge in [0.05, 0.1) is 6.04 Å². The number of hydrogen-bond acceptors (Lipinski definition) is 4. The van der Waals surface area contributed by atoms with Crippen molar-refractivity contribution in [2.75, 3.05) is 31.6 Å². The molecule has 0 spiro atoms. The molecule has 2 N–H and O–H groups in total. The number of nitrogens with zero attached hydrogens (tertiary/aromatic N) is 5. The van der Waals surface area contributed by atoms with E-state index in [1.807, 2.05) is 46.1 Å². The summed E-state index contributed by atoms with van der Waals surface area (Å²) in [6.45, 7) is 1.99. The van der Waals surface area contributed by atoms with Crippen molar-refractivity contribution in [2.24, 2.45) is 4.99 Å². The summed E-state index contributed by atoms with van der Waals surface area (Å²) in [7, 11) is 1.74. The highest BCUT2D eigenvalue weighted by Crippen LogP contribution is 2.21. The SMILES string of the molecule is CN=C(NCC(c1ccc(Cl)cc1)n1cccn1)NC1CCN(c2ncccc2F)C1.I. The largest absolute Gasteiger partial charge is 0.354 e. The zero-order valence-corrected chi connectivity index (χ0v) is 20.7. The molecule has 0 aliphatic carbocycles. The van der Waals surface area contributed by atoms with Crippen LogP contribution in [0.5, 0.6) is 0 Å². The molecule has 7 nitrogen and oxygen atoms in total. The highest BCUT2D eigenvalue weighted by Gasteiger charge is 2.26. The van der Waals surface area contributed by atoms with E-state index in [9.17, 15) is 4.39 Å². The average Bonchev–Trinajstić information content (AvgIpc) is 3.47. The molecule has 4 rings (SSSR count). The molecule has 3 heterocycles. The molecule has 32 heavy (non-hydrogen) atoms. The summed E-state index contributed by atoms with van der Waals surface area (Å²) in [5.74, 6) is 0.798. The van der Waals surface area contributed by atoms with Crippen molar-refractivity contribution in [3.63, 3.8) is 0 Å². The van der Waals surface area contributed by atoms with E-state index in [1.54, 1.807) is 25.5 Å². The van der Waals surface area contributed by atoms with Crippen molar-refractivity contribution in [2.45, 2.75) is 18.5 Å². The lowest BCUT2D eigenvalue weighted by Gasteiger charge is -2.23. The van der Waals surface area contributed by atoms with E-state index >= 15 is 0 Å². The van der Waals surface area contributed by atoms with E-state index < -0.39 is 0 Å². The topological polar surface area (TPSA) is 70.4 Å². The Kier molecular flexibility index (Phi) is 8.68. The van der Waals surface area contributed by atoms with Crippen LogP contribution in [0.25, 0.3) is 0 Å². The number of aromatic nitrogens is 3. The van der Waals surface area contributed by atoms with Gasteiger partial charge in [-0.3, -0.25) is 9.67 Å². The summed E-state index contributed by atoms with van der Waals surface area (Å²) in [4.78, 5) is 10.5. The van der Waals surface area contributed by atoms with Crippen LogP contribution in [0.1, 0.15) is 18.0 Å². The van der Waals surface area contributed by atoms with Crippen LogP contribution in [0.4, 0.5) is 10.2 Å². The summed E-state index contributed by atoms with van der Waals surface area (Å²) in [6.07, 6.45) is 6.19. The number of aliphatic imine (C=N–C) groups is 1. The molecule has 0 amide bonds. The third kappa shape index (κ3) is 5.89. The second-order valence-electron chi connectivity index (χ2n) is 7.39. The molecule has 1 aromatic carbocycles. The molecule has 0 radical (unpaired) electrons. The third-order valence-corrected chi connectivity index (χ3v) is 5.61. The third-order valence-electron chi connectivity index (χ3n) is 5.35. The van der Waals surface area contributed by atoms with Crippen LogP contribution < -0.4 is 15.5 Å². The van der Waals surface area contributed by atoms with Crippen molar-refractivity contribution in [1.29, 1.82) is 0 Å². The smallest absolute Gasteiger partial charge is 0.191 e. The van der Waals surface area contributed by atoms with Gasteiger partial charge >= 0.3 is 0 Å². The van der Waals surface area contributed by atoms with Gasteiger partial charge in [0.1, 0.15) is 0 Å². The van der Waals surface area contributed by atoms with Crippen molar-refractivity contribution < 1.29 is 4.39 Å². The molecule has 1 aliphatic heterocycles. The van der Waals surface area contributed by atoms with Gasteiger partial charge < -0.3 is 15.5 Å². The Morgan fingerprint density at radius 2 is 2.06 bits per heavy atom. The van der Waals surface area contributed by atoms with Gasteiger partial charge in [0.25, 0.3) is 0 Å². The van der Waals surface area contributed by atoms with Crippen LogP contribution in [0.3, 0.4) is 0 Å². The van der Waals surface area contributed by atoms with E-state index in [4.69, 9.17) is 11.6 Å². The van der Waals surface area contributed by atoms with Gasteiger partial charge in [-0.1, -0.05) is 23.7 Å². The molecule has 0 bridgehead atoms. The van der Waals surface area contributed by atoms with E-state index in [2.05, 4.69) is 25.7 Å². The van der Waals surface area contributed by atoms with Crippen LogP contribution in [0, 0.1) is 5.82 Å². The zero-order valence-electron chi connectivity index (χ0n) is 17.7. The van der Waals surface area contributed by atoms with Gasteiger partial charge in [0.2, 0.25) is 0 Å². The van der Waals surface area contributed by atoms with Crippen LogP contribution in [-0.2, 0) is 0 Å². The van der Waals surface area contributed by atoms with E-state index in [1.165, 1.54) is 6.07 Å². The van der Waals surface area contributed by atoms with E-state index in [-0.39, 0.29) is 41.9 Å². The van der Waals surface area contributed by atoms with E-state index in [0.717, 1.165) is 18.5 Å². The normalized spacial score (nSPS) is 17.0. The van der Waals surface area contributed by atoms with Gasteiger partial charge in [0.15, 0.2) is 17.6 Å². The first kappa shape index (κ1) is 24.2. The van der Waals surface area contributed by atoms with Gasteiger partial charge in [-0.05, 0) is 42.3 Å². The Morgan fingerprint density at radius 1 is 1.25 bits per heavy atom. The molecule has 2 atom stereocenters. The lowest BCUT2D eigenvalue weighted by atomic mass is 10.1. The quantitative estimate of drug-likeness (QED) is 0.269. The minimum Gasteiger partial charge on any atom is -0.354 e. The number of halogens is 3. The summed E-state index contributed by atoms with van der Waals surface area (Å²) in [5, 5.41) is 11.9. The maximum Gasteiger partial charge on any atom is 0.191 e. The van der Waals surface area contributed by atoms with Gasteiger partial charge in [-0.15, -0.1) is 24.0 Å². The maximum atomic E-state index is 14.1. The molecular weight excluding hydrogens is 544 g/mol. The highest BCUT2D eigenvalue weighted by molar-refractivity contribution is 14.0. The number of hydrogen-bond donors (Lipinski definition) is 2. The molecule has 2 unspecified atom stereocenters. The number of rotatable bonds is 6. The first-order chi connectivity index (χ1) is 15.1. The van der Waals surface area contributed by atoms with Crippen molar-refractivity contribution in [1.82, 2.24) is 25.4 Å². The molecule has 1 aliphatic rings. The van der Waals surface area contributed by atoms with Gasteiger partial charge in [-0.2, -0.15) is 5.10 Å².